The van der Waals surface area contributed by atoms with E-state index in [0.717, 1.165) is 5.69 Å². The van der Waals surface area contributed by atoms with Gasteiger partial charge in [0.1, 0.15) is 0 Å². The number of hydrogen-bond donors (Lipinski definition) is 3. The van der Waals surface area contributed by atoms with Gasteiger partial charge in [-0.1, -0.05) is 30.3 Å². The molecule has 8 heteroatoms. The van der Waals surface area contributed by atoms with E-state index < -0.39 is 6.10 Å². The van der Waals surface area contributed by atoms with Crippen LogP contribution in [0, 0.1) is 0 Å². The number of hydrogen-bond acceptors (Lipinski definition) is 6. The van der Waals surface area contributed by atoms with Crippen LogP contribution in [0.15, 0.2) is 72.8 Å². The Morgan fingerprint density at radius 1 is 0.970 bits per heavy atom. The lowest BCUT2D eigenvalue weighted by Gasteiger charge is -2.25. The first-order chi connectivity index (χ1) is 16.0. The highest BCUT2D eigenvalue weighted by atomic mass is 16.7. The van der Waals surface area contributed by atoms with Crippen molar-refractivity contribution in [1.82, 2.24) is 0 Å². The number of benzene rings is 3. The molecule has 0 bridgehead atoms. The van der Waals surface area contributed by atoms with Crippen LogP contribution in [-0.4, -0.2) is 42.9 Å². The molecule has 3 N–H and O–H groups in total. The van der Waals surface area contributed by atoms with Crippen LogP contribution in [0.3, 0.4) is 0 Å². The average molecular weight is 447 g/mol. The van der Waals surface area contributed by atoms with Crippen molar-refractivity contribution >= 4 is 28.9 Å². The average Bonchev–Trinajstić information content (AvgIpc) is 3.27. The molecule has 0 saturated carbocycles. The van der Waals surface area contributed by atoms with Crippen molar-refractivity contribution < 1.29 is 24.2 Å². The highest BCUT2D eigenvalue weighted by molar-refractivity contribution is 6.10. The van der Waals surface area contributed by atoms with E-state index >= 15 is 0 Å². The first kappa shape index (κ1) is 22.2. The Morgan fingerprint density at radius 3 is 2.48 bits per heavy atom. The third-order valence-electron chi connectivity index (χ3n) is 5.02. The number of ether oxygens (including phenoxy) is 2. The number of anilines is 3. The number of fused-ring (bicyclic) bond motifs is 1. The third kappa shape index (κ3) is 5.61. The number of nitrogens with one attached hydrogen (secondary N) is 2. The fourth-order valence-corrected chi connectivity index (χ4v) is 3.54. The van der Waals surface area contributed by atoms with Gasteiger partial charge in [-0.2, -0.15) is 0 Å². The molecule has 1 unspecified atom stereocenters. The predicted molar refractivity (Wildman–Crippen MR) is 126 cm³/mol. The van der Waals surface area contributed by atoms with Crippen LogP contribution < -0.4 is 25.0 Å². The maximum Gasteiger partial charge on any atom is 0.257 e. The molecule has 0 spiro atoms. The van der Waals surface area contributed by atoms with E-state index in [4.69, 9.17) is 9.47 Å². The molecular weight excluding hydrogens is 422 g/mol. The standard InChI is InChI=1S/C25H25N3O5/c1-17(29)14-28(19-7-3-2-4-8-19)15-24(30)27-21-10-6-5-9-20(21)25(31)26-18-11-12-22-23(13-18)33-16-32-22/h2-13,17,29H,14-16H2,1H3,(H,26,31)(H,27,30). The summed E-state index contributed by atoms with van der Waals surface area (Å²) in [5.41, 5.74) is 2.09. The van der Waals surface area contributed by atoms with Crippen LogP contribution >= 0.6 is 0 Å². The highest BCUT2D eigenvalue weighted by Gasteiger charge is 2.18. The Labute approximate surface area is 191 Å². The molecule has 170 valence electrons. The van der Waals surface area contributed by atoms with E-state index in [9.17, 15) is 14.7 Å². The maximum absolute atomic E-state index is 12.9. The Hall–Kier alpha value is -4.04. The molecule has 0 fully saturated rings. The molecule has 1 heterocycles. The molecule has 2 amide bonds. The zero-order valence-corrected chi connectivity index (χ0v) is 18.2. The normalized spacial score (nSPS) is 12.7. The minimum absolute atomic E-state index is 0.0209. The van der Waals surface area contributed by atoms with Crippen LogP contribution in [0.25, 0.3) is 0 Å². The fraction of sp³-hybridized carbons (Fsp3) is 0.200. The summed E-state index contributed by atoms with van der Waals surface area (Å²) >= 11 is 0. The van der Waals surface area contributed by atoms with Crippen molar-refractivity contribution in [1.29, 1.82) is 0 Å². The summed E-state index contributed by atoms with van der Waals surface area (Å²) in [6.45, 7) is 2.14. The molecule has 1 atom stereocenters. The van der Waals surface area contributed by atoms with Gasteiger partial charge in [0.25, 0.3) is 5.91 Å². The summed E-state index contributed by atoms with van der Waals surface area (Å²) in [5, 5.41) is 15.5. The molecule has 3 aromatic carbocycles. The van der Waals surface area contributed by atoms with Gasteiger partial charge in [0, 0.05) is 24.0 Å². The molecule has 3 aromatic rings. The van der Waals surface area contributed by atoms with Gasteiger partial charge in [-0.3, -0.25) is 9.59 Å². The van der Waals surface area contributed by atoms with Crippen LogP contribution in [0.4, 0.5) is 17.1 Å². The van der Waals surface area contributed by atoms with E-state index in [1.807, 2.05) is 30.3 Å². The van der Waals surface area contributed by atoms with Gasteiger partial charge >= 0.3 is 0 Å². The molecule has 0 radical (unpaired) electrons. The zero-order chi connectivity index (χ0) is 23.2. The Kier molecular flexibility index (Phi) is 6.75. The van der Waals surface area contributed by atoms with Crippen molar-refractivity contribution in [2.75, 3.05) is 35.4 Å². The number of rotatable bonds is 8. The highest BCUT2D eigenvalue weighted by Crippen LogP contribution is 2.34. The van der Waals surface area contributed by atoms with E-state index in [0.29, 0.717) is 35.0 Å². The number of aliphatic hydroxyl groups is 1. The van der Waals surface area contributed by atoms with Gasteiger partial charge in [0.15, 0.2) is 11.5 Å². The van der Waals surface area contributed by atoms with Crippen LogP contribution in [-0.2, 0) is 4.79 Å². The molecule has 1 aliphatic heterocycles. The van der Waals surface area contributed by atoms with Gasteiger partial charge in [-0.25, -0.2) is 0 Å². The first-order valence-corrected chi connectivity index (χ1v) is 10.6. The molecule has 8 nitrogen and oxygen atoms in total. The van der Waals surface area contributed by atoms with Crippen LogP contribution in [0.1, 0.15) is 17.3 Å². The minimum atomic E-state index is -0.613. The topological polar surface area (TPSA) is 100 Å². The van der Waals surface area contributed by atoms with E-state index in [1.165, 1.54) is 0 Å². The van der Waals surface area contributed by atoms with Crippen LogP contribution in [0.2, 0.25) is 0 Å². The van der Waals surface area contributed by atoms with E-state index in [2.05, 4.69) is 10.6 Å². The number of carbonyl (C=O) groups is 2. The summed E-state index contributed by atoms with van der Waals surface area (Å²) in [5.74, 6) is 0.519. The van der Waals surface area contributed by atoms with Gasteiger partial charge in [-0.05, 0) is 43.3 Å². The van der Waals surface area contributed by atoms with E-state index in [1.54, 1.807) is 54.3 Å². The summed E-state index contributed by atoms with van der Waals surface area (Å²) in [7, 11) is 0. The van der Waals surface area contributed by atoms with Gasteiger partial charge < -0.3 is 30.1 Å². The number of carbonyl (C=O) groups excluding carboxylic acids is 2. The van der Waals surface area contributed by atoms with Gasteiger partial charge in [0.05, 0.1) is 23.9 Å². The SMILES string of the molecule is CC(O)CN(CC(=O)Nc1ccccc1C(=O)Nc1ccc2c(c1)OCO2)c1ccccc1. The Balaban J connectivity index is 1.46. The molecule has 0 aliphatic carbocycles. The second-order valence-electron chi connectivity index (χ2n) is 7.68. The second kappa shape index (κ2) is 10.1. The number of nitrogens with zero attached hydrogens (tertiary/aromatic N) is 1. The lowest BCUT2D eigenvalue weighted by Crippen LogP contribution is -2.38. The van der Waals surface area contributed by atoms with Crippen molar-refractivity contribution in [3.05, 3.63) is 78.4 Å². The fourth-order valence-electron chi connectivity index (χ4n) is 3.54. The van der Waals surface area contributed by atoms with Crippen molar-refractivity contribution in [2.24, 2.45) is 0 Å². The second-order valence-corrected chi connectivity index (χ2v) is 7.68. The quantitative estimate of drug-likeness (QED) is 0.489. The van der Waals surface area contributed by atoms with E-state index in [-0.39, 0.29) is 25.2 Å². The molecule has 33 heavy (non-hydrogen) atoms. The third-order valence-corrected chi connectivity index (χ3v) is 5.02. The predicted octanol–water partition coefficient (Wildman–Crippen LogP) is 3.49. The first-order valence-electron chi connectivity index (χ1n) is 10.6. The summed E-state index contributed by atoms with van der Waals surface area (Å²) in [6.07, 6.45) is -0.613. The Bertz CT molecular complexity index is 1130. The monoisotopic (exact) mass is 447 g/mol. The summed E-state index contributed by atoms with van der Waals surface area (Å²) in [4.78, 5) is 27.6. The molecule has 4 rings (SSSR count). The lowest BCUT2D eigenvalue weighted by atomic mass is 10.1. The molecule has 1 aliphatic rings. The molecule has 0 saturated heterocycles. The van der Waals surface area contributed by atoms with Crippen LogP contribution in [0.5, 0.6) is 11.5 Å². The smallest absolute Gasteiger partial charge is 0.257 e. The Morgan fingerprint density at radius 2 is 1.70 bits per heavy atom. The summed E-state index contributed by atoms with van der Waals surface area (Å²) in [6, 6.07) is 21.3. The van der Waals surface area contributed by atoms with Gasteiger partial charge in [0.2, 0.25) is 12.7 Å². The summed E-state index contributed by atoms with van der Waals surface area (Å²) < 4.78 is 10.6. The minimum Gasteiger partial charge on any atom is -0.454 e. The number of para-hydroxylation sites is 2. The lowest BCUT2D eigenvalue weighted by molar-refractivity contribution is -0.115. The number of aliphatic hydroxyl groups excluding tert-OH is 1. The van der Waals surface area contributed by atoms with Gasteiger partial charge in [-0.15, -0.1) is 0 Å². The van der Waals surface area contributed by atoms with Crippen molar-refractivity contribution in [2.45, 2.75) is 13.0 Å². The van der Waals surface area contributed by atoms with Crippen molar-refractivity contribution in [3.63, 3.8) is 0 Å². The molecule has 0 aromatic heterocycles. The zero-order valence-electron chi connectivity index (χ0n) is 18.2. The molecular formula is C25H25N3O5. The number of amides is 2. The van der Waals surface area contributed by atoms with Crippen molar-refractivity contribution in [3.8, 4) is 11.5 Å². The maximum atomic E-state index is 12.9. The largest absolute Gasteiger partial charge is 0.454 e.